The second kappa shape index (κ2) is 5.22. The summed E-state index contributed by atoms with van der Waals surface area (Å²) >= 11 is 0. The van der Waals surface area contributed by atoms with Crippen LogP contribution in [0.2, 0.25) is 0 Å². The topological polar surface area (TPSA) is 66.6 Å². The number of aryl methyl sites for hydroxylation is 1. The van der Waals surface area contributed by atoms with Crippen LogP contribution in [0, 0.1) is 6.92 Å². The van der Waals surface area contributed by atoms with E-state index in [9.17, 15) is 9.90 Å². The number of nitrogens with zero attached hydrogens (tertiary/aromatic N) is 1. The van der Waals surface area contributed by atoms with Crippen molar-refractivity contribution in [1.82, 2.24) is 0 Å². The molecule has 1 aliphatic rings. The Morgan fingerprint density at radius 2 is 2.05 bits per heavy atom. The smallest absolute Gasteiger partial charge is 0.258 e. The molecule has 1 aliphatic heterocycles. The molecule has 1 unspecified atom stereocenters. The minimum atomic E-state index is -0.0740. The quantitative estimate of drug-likeness (QED) is 0.843. The van der Waals surface area contributed by atoms with Gasteiger partial charge in [-0.1, -0.05) is 18.2 Å². The van der Waals surface area contributed by atoms with Crippen molar-refractivity contribution in [2.24, 2.45) is 5.73 Å². The maximum absolute atomic E-state index is 12.8. The lowest BCUT2D eigenvalue weighted by Crippen LogP contribution is -2.46. The Morgan fingerprint density at radius 1 is 1.29 bits per heavy atom. The zero-order valence-corrected chi connectivity index (χ0v) is 11.9. The Bertz CT molecular complexity index is 697. The van der Waals surface area contributed by atoms with Gasteiger partial charge in [-0.25, -0.2) is 0 Å². The molecule has 0 aromatic heterocycles. The molecule has 3 N–H and O–H groups in total. The molecule has 3 rings (SSSR count). The molecule has 4 nitrogen and oxygen atoms in total. The third-order valence-corrected chi connectivity index (χ3v) is 3.87. The Labute approximate surface area is 123 Å². The fourth-order valence-electron chi connectivity index (χ4n) is 2.85. The molecule has 4 heteroatoms. The van der Waals surface area contributed by atoms with Crippen molar-refractivity contribution in [1.29, 1.82) is 0 Å². The minimum Gasteiger partial charge on any atom is -0.508 e. The monoisotopic (exact) mass is 282 g/mol. The summed E-state index contributed by atoms with van der Waals surface area (Å²) in [5.41, 5.74) is 9.46. The number of hydrogen-bond donors (Lipinski definition) is 2. The lowest BCUT2D eigenvalue weighted by atomic mass is 9.97. The molecule has 0 bridgehead atoms. The van der Waals surface area contributed by atoms with Gasteiger partial charge in [-0.05, 0) is 48.7 Å². The van der Waals surface area contributed by atoms with Gasteiger partial charge >= 0.3 is 0 Å². The van der Waals surface area contributed by atoms with E-state index in [4.69, 9.17) is 5.73 Å². The largest absolute Gasteiger partial charge is 0.508 e. The molecule has 0 fully saturated rings. The average Bonchev–Trinajstić information content (AvgIpc) is 2.45. The van der Waals surface area contributed by atoms with Crippen LogP contribution in [0.4, 0.5) is 5.69 Å². The molecule has 2 aromatic rings. The number of phenols is 1. The molecule has 0 saturated carbocycles. The first-order valence-electron chi connectivity index (χ1n) is 7.01. The van der Waals surface area contributed by atoms with E-state index < -0.39 is 0 Å². The highest BCUT2D eigenvalue weighted by Gasteiger charge is 2.27. The number of phenolic OH excluding ortho intramolecular Hbond substituents is 1. The number of fused-ring (bicyclic) bond motifs is 1. The molecule has 1 amide bonds. The summed E-state index contributed by atoms with van der Waals surface area (Å²) in [4.78, 5) is 14.6. The van der Waals surface area contributed by atoms with Crippen molar-refractivity contribution < 1.29 is 9.90 Å². The van der Waals surface area contributed by atoms with Crippen LogP contribution in [0.1, 0.15) is 21.5 Å². The summed E-state index contributed by atoms with van der Waals surface area (Å²) in [5.74, 6) is 0.0925. The van der Waals surface area contributed by atoms with Crippen molar-refractivity contribution in [2.75, 3.05) is 11.4 Å². The Balaban J connectivity index is 2.02. The van der Waals surface area contributed by atoms with E-state index in [2.05, 4.69) is 0 Å². The first-order chi connectivity index (χ1) is 10.1. The minimum absolute atomic E-state index is 0.0544. The van der Waals surface area contributed by atoms with Crippen LogP contribution in [0.5, 0.6) is 5.75 Å². The molecular weight excluding hydrogens is 264 g/mol. The normalized spacial score (nSPS) is 17.4. The number of nitrogens with two attached hydrogens (primary N) is 1. The van der Waals surface area contributed by atoms with Gasteiger partial charge < -0.3 is 15.7 Å². The van der Waals surface area contributed by atoms with Gasteiger partial charge in [0.15, 0.2) is 0 Å². The van der Waals surface area contributed by atoms with Crippen molar-refractivity contribution in [3.63, 3.8) is 0 Å². The number of anilines is 1. The number of para-hydroxylation sites is 1. The SMILES string of the molecule is Cc1cc(O)ccc1C(=O)N1CC(N)Cc2ccccc21. The van der Waals surface area contributed by atoms with Gasteiger partial charge in [-0.2, -0.15) is 0 Å². The number of aromatic hydroxyl groups is 1. The van der Waals surface area contributed by atoms with Crippen molar-refractivity contribution in [3.8, 4) is 5.75 Å². The standard InChI is InChI=1S/C17H18N2O2/c1-11-8-14(20)6-7-15(11)17(21)19-10-13(18)9-12-4-2-3-5-16(12)19/h2-8,13,20H,9-10,18H2,1H3. The van der Waals surface area contributed by atoms with E-state index in [0.717, 1.165) is 23.2 Å². The Morgan fingerprint density at radius 3 is 2.81 bits per heavy atom. The van der Waals surface area contributed by atoms with E-state index in [0.29, 0.717) is 12.1 Å². The van der Waals surface area contributed by atoms with Gasteiger partial charge in [0.25, 0.3) is 5.91 Å². The molecule has 0 spiro atoms. The molecule has 0 radical (unpaired) electrons. The van der Waals surface area contributed by atoms with Crippen LogP contribution >= 0.6 is 0 Å². The Kier molecular flexibility index (Phi) is 3.39. The fourth-order valence-corrected chi connectivity index (χ4v) is 2.85. The molecule has 0 aliphatic carbocycles. The van der Waals surface area contributed by atoms with Crippen LogP contribution in [0.25, 0.3) is 0 Å². The summed E-state index contributed by atoms with van der Waals surface area (Å²) in [6.07, 6.45) is 0.786. The van der Waals surface area contributed by atoms with E-state index in [1.807, 2.05) is 31.2 Å². The van der Waals surface area contributed by atoms with Crippen molar-refractivity contribution in [2.45, 2.75) is 19.4 Å². The average molecular weight is 282 g/mol. The predicted molar refractivity (Wildman–Crippen MR) is 82.6 cm³/mol. The van der Waals surface area contributed by atoms with Crippen LogP contribution in [0.3, 0.4) is 0 Å². The summed E-state index contributed by atoms with van der Waals surface area (Å²) < 4.78 is 0. The van der Waals surface area contributed by atoms with Gasteiger partial charge in [0.1, 0.15) is 5.75 Å². The lowest BCUT2D eigenvalue weighted by Gasteiger charge is -2.33. The second-order valence-corrected chi connectivity index (χ2v) is 5.51. The van der Waals surface area contributed by atoms with Crippen LogP contribution in [0.15, 0.2) is 42.5 Å². The summed E-state index contributed by atoms with van der Waals surface area (Å²) in [6, 6.07) is 12.6. The molecule has 0 saturated heterocycles. The second-order valence-electron chi connectivity index (χ2n) is 5.51. The predicted octanol–water partition coefficient (Wildman–Crippen LogP) is 2.23. The van der Waals surface area contributed by atoms with E-state index in [-0.39, 0.29) is 17.7 Å². The number of rotatable bonds is 1. The third kappa shape index (κ3) is 2.50. The highest BCUT2D eigenvalue weighted by molar-refractivity contribution is 6.07. The van der Waals surface area contributed by atoms with Gasteiger partial charge in [0, 0.05) is 23.8 Å². The highest BCUT2D eigenvalue weighted by atomic mass is 16.3. The first kappa shape index (κ1) is 13.6. The van der Waals surface area contributed by atoms with Gasteiger partial charge in [-0.15, -0.1) is 0 Å². The maximum Gasteiger partial charge on any atom is 0.258 e. The van der Waals surface area contributed by atoms with Crippen molar-refractivity contribution >= 4 is 11.6 Å². The molecular formula is C17H18N2O2. The summed E-state index contributed by atoms with van der Waals surface area (Å²) in [7, 11) is 0. The number of carbonyl (C=O) groups excluding carboxylic acids is 1. The van der Waals surface area contributed by atoms with Gasteiger partial charge in [0.05, 0.1) is 0 Å². The fraction of sp³-hybridized carbons (Fsp3) is 0.235. The molecule has 2 aromatic carbocycles. The van der Waals surface area contributed by atoms with Crippen LogP contribution in [-0.4, -0.2) is 23.6 Å². The van der Waals surface area contributed by atoms with E-state index >= 15 is 0 Å². The van der Waals surface area contributed by atoms with E-state index in [1.165, 1.54) is 6.07 Å². The molecule has 1 atom stereocenters. The molecule has 21 heavy (non-hydrogen) atoms. The summed E-state index contributed by atoms with van der Waals surface area (Å²) in [6.45, 7) is 2.33. The van der Waals surface area contributed by atoms with E-state index in [1.54, 1.807) is 17.0 Å². The van der Waals surface area contributed by atoms with Crippen LogP contribution < -0.4 is 10.6 Å². The van der Waals surface area contributed by atoms with Crippen molar-refractivity contribution in [3.05, 3.63) is 59.2 Å². The number of hydrogen-bond acceptors (Lipinski definition) is 3. The number of amides is 1. The Hall–Kier alpha value is -2.33. The number of carbonyl (C=O) groups is 1. The lowest BCUT2D eigenvalue weighted by molar-refractivity contribution is 0.0983. The highest BCUT2D eigenvalue weighted by Crippen LogP contribution is 2.28. The third-order valence-electron chi connectivity index (χ3n) is 3.87. The maximum atomic E-state index is 12.8. The number of benzene rings is 2. The van der Waals surface area contributed by atoms with Gasteiger partial charge in [0.2, 0.25) is 0 Å². The van der Waals surface area contributed by atoms with Gasteiger partial charge in [-0.3, -0.25) is 4.79 Å². The molecule has 1 heterocycles. The zero-order chi connectivity index (χ0) is 15.0. The molecule has 108 valence electrons. The van der Waals surface area contributed by atoms with Crippen LogP contribution in [-0.2, 0) is 6.42 Å². The zero-order valence-electron chi connectivity index (χ0n) is 11.9. The first-order valence-corrected chi connectivity index (χ1v) is 7.01. The summed E-state index contributed by atoms with van der Waals surface area (Å²) in [5, 5.41) is 9.48.